The van der Waals surface area contributed by atoms with Crippen molar-refractivity contribution in [3.63, 3.8) is 0 Å². The molecule has 34 heteroatoms. The van der Waals surface area contributed by atoms with Gasteiger partial charge >= 0.3 is 18.3 Å². The van der Waals surface area contributed by atoms with Crippen molar-refractivity contribution in [1.82, 2.24) is 56.3 Å². The second-order valence-corrected chi connectivity index (χ2v) is 29.8. The van der Waals surface area contributed by atoms with E-state index in [9.17, 15) is 83.1 Å². The highest BCUT2D eigenvalue weighted by molar-refractivity contribution is 6.11. The number of hydrogen-bond donors (Lipinski definition) is 9. The summed E-state index contributed by atoms with van der Waals surface area (Å²) in [5.41, 5.74) is 6.77. The second-order valence-electron chi connectivity index (χ2n) is 29.8. The first-order chi connectivity index (χ1) is 57.4. The molecule has 8 aromatic rings. The van der Waals surface area contributed by atoms with Gasteiger partial charge in [-0.2, -0.15) is 26.3 Å². The van der Waals surface area contributed by atoms with Crippen LogP contribution in [0.5, 0.6) is 0 Å². The molecule has 0 spiro atoms. The molecular weight excluding hydrogens is 1580 g/mol. The fraction of sp³-hybridized carbons (Fsp3) is 0.419. The van der Waals surface area contributed by atoms with Crippen LogP contribution in [0.3, 0.4) is 0 Å². The fourth-order valence-electron chi connectivity index (χ4n) is 14.8. The Bertz CT molecular complexity index is 5240. The maximum atomic E-state index is 15.4. The van der Waals surface area contributed by atoms with Crippen LogP contribution in [0.4, 0.5) is 50.9 Å². The highest BCUT2D eigenvalue weighted by Crippen LogP contribution is 2.44. The average molecular weight is 1670 g/mol. The highest BCUT2D eigenvalue weighted by Gasteiger charge is 2.43. The number of nitrogens with two attached hydrogens (primary N) is 1. The monoisotopic (exact) mass is 1670 g/mol. The van der Waals surface area contributed by atoms with Crippen LogP contribution in [-0.4, -0.2) is 152 Å². The maximum absolute atomic E-state index is 15.4. The van der Waals surface area contributed by atoms with E-state index in [-0.39, 0.29) is 135 Å². The molecular formula is C86H95F9N14O11. The molecule has 25 nitrogen and oxygen atoms in total. The van der Waals surface area contributed by atoms with Crippen molar-refractivity contribution in [2.75, 3.05) is 45.0 Å². The van der Waals surface area contributed by atoms with Gasteiger partial charge in [-0.25, -0.2) is 13.6 Å². The predicted molar refractivity (Wildman–Crippen MR) is 430 cm³/mol. The Labute approximate surface area is 687 Å². The SMILES string of the molecule is C.CNc1c(C(=O)NC2CC2)cnc2cc(C(F)(F)F)c(-c3ccc(C(=O)NCCCCCCCCc4ccc5c(n4)CN(C4CCC(=O)NC4=O)C5=O)c(F)c3)cc12.CNc1c(C(=O)NC2CC2)cnc2cc(C(F)(F)F)c(-c3ccc(C(=O)O)c(F)c3)cc12.NCCCCCCCCc1ccc2c(n1)CN(C1CCC(=O)NC1=O)C2=O.[2H]CF. The summed E-state index contributed by atoms with van der Waals surface area (Å²) in [6.45, 7) is 1.64. The Balaban J connectivity index is 0.000000205. The molecule has 2 saturated heterocycles. The van der Waals surface area contributed by atoms with Gasteiger partial charge in [0, 0.05) is 80.1 Å². The Morgan fingerprint density at radius 2 is 0.925 bits per heavy atom. The molecule has 14 rings (SSSR count). The van der Waals surface area contributed by atoms with E-state index in [1.807, 2.05) is 18.2 Å². The number of halogens is 9. The number of benzene rings is 4. The minimum Gasteiger partial charge on any atom is -0.478 e. The van der Waals surface area contributed by atoms with E-state index in [1.54, 1.807) is 18.0 Å². The zero-order valence-corrected chi connectivity index (χ0v) is 65.3. The summed E-state index contributed by atoms with van der Waals surface area (Å²) >= 11 is 0. The van der Waals surface area contributed by atoms with Crippen LogP contribution in [-0.2, 0) is 57.5 Å². The third-order valence-electron chi connectivity index (χ3n) is 21.4. The van der Waals surface area contributed by atoms with Crippen LogP contribution in [0.25, 0.3) is 44.1 Å². The van der Waals surface area contributed by atoms with Gasteiger partial charge in [-0.05, 0) is 179 Å². The van der Waals surface area contributed by atoms with E-state index >= 15 is 4.39 Å². The summed E-state index contributed by atoms with van der Waals surface area (Å²) in [6, 6.07) is 16.4. The largest absolute Gasteiger partial charge is 0.478 e. The van der Waals surface area contributed by atoms with E-state index in [1.165, 1.54) is 74.3 Å². The van der Waals surface area contributed by atoms with Crippen LogP contribution >= 0.6 is 0 Å². The summed E-state index contributed by atoms with van der Waals surface area (Å²) in [5, 5.41) is 28.2. The zero-order chi connectivity index (χ0) is 86.3. The molecule has 9 amide bonds. The Morgan fingerprint density at radius 1 is 0.525 bits per heavy atom. The van der Waals surface area contributed by atoms with Crippen LogP contribution in [0.2, 0.25) is 0 Å². The first-order valence-electron chi connectivity index (χ1n) is 40.1. The van der Waals surface area contributed by atoms with Crippen molar-refractivity contribution in [2.24, 2.45) is 5.73 Å². The molecule has 4 aromatic heterocycles. The molecule has 638 valence electrons. The van der Waals surface area contributed by atoms with Crippen molar-refractivity contribution >= 4 is 92.3 Å². The second kappa shape index (κ2) is 40.2. The van der Waals surface area contributed by atoms with Crippen LogP contribution in [0, 0.1) is 11.6 Å². The molecule has 6 aliphatic rings. The van der Waals surface area contributed by atoms with E-state index < -0.39 is 89.5 Å². The fourth-order valence-corrected chi connectivity index (χ4v) is 14.8. The number of carbonyl (C=O) groups excluding carboxylic acids is 9. The minimum atomic E-state index is -4.80. The number of aryl methyl sites for hydroxylation is 2. The number of aromatic carboxylic acids is 1. The van der Waals surface area contributed by atoms with Gasteiger partial charge in [0.2, 0.25) is 23.6 Å². The number of piperidine rings is 2. The molecule has 8 heterocycles. The van der Waals surface area contributed by atoms with Gasteiger partial charge in [0.25, 0.3) is 29.5 Å². The van der Waals surface area contributed by atoms with Crippen molar-refractivity contribution in [1.29, 1.82) is 0 Å². The lowest BCUT2D eigenvalue weighted by atomic mass is 9.94. The van der Waals surface area contributed by atoms with Crippen molar-refractivity contribution in [3.8, 4) is 22.3 Å². The highest BCUT2D eigenvalue weighted by atomic mass is 19.4. The molecule has 0 bridgehead atoms. The Morgan fingerprint density at radius 3 is 1.30 bits per heavy atom. The molecule has 4 aliphatic heterocycles. The van der Waals surface area contributed by atoms with Crippen LogP contribution in [0.15, 0.2) is 97.3 Å². The van der Waals surface area contributed by atoms with E-state index in [0.29, 0.717) is 54.9 Å². The number of rotatable bonds is 29. The zero-order valence-electron chi connectivity index (χ0n) is 66.3. The number of fused-ring (bicyclic) bond motifs is 4. The van der Waals surface area contributed by atoms with Gasteiger partial charge < -0.3 is 47.2 Å². The number of nitrogens with zero attached hydrogens (tertiary/aromatic N) is 6. The Hall–Kier alpha value is -12.0. The molecule has 4 aromatic carbocycles. The lowest BCUT2D eigenvalue weighted by Crippen LogP contribution is -2.52. The van der Waals surface area contributed by atoms with E-state index in [2.05, 4.69) is 57.2 Å². The topological polar surface area (TPSA) is 359 Å². The van der Waals surface area contributed by atoms with Crippen LogP contribution in [0.1, 0.15) is 233 Å². The molecule has 2 unspecified atom stereocenters. The Kier molecular flexibility index (Phi) is 29.8. The number of amides is 9. The smallest absolute Gasteiger partial charge is 0.417 e. The van der Waals surface area contributed by atoms with E-state index in [4.69, 9.17) is 12.2 Å². The number of unbranched alkanes of at least 4 members (excludes halogenated alkanes) is 10. The summed E-state index contributed by atoms with van der Waals surface area (Å²) < 4.78 is 129. The number of carboxylic acid groups (broad SMARTS) is 1. The standard InChI is InChI=1S/C42H43F4N7O5.C22H17F4N3O3.C20H28N4O3.CH3F.CH4/c1-47-37-29-19-28(31(42(44,45)46)20-33(29)49-21-30(37)39(56)51-25-10-11-25)23-9-13-26(32(43)18-23)38(55)48-17-7-5-3-2-4-6-8-24-12-14-27-34(50-24)22-53(41(27)58)35-15-16-36(54)52-40(35)57;1-27-19-14-7-13(10-2-5-12(21(31)32)17(23)6-10)16(22(24,25)26)8-18(14)28-9-15(19)20(30)29-11-3-4-11;21-12-6-4-2-1-3-5-7-14-8-9-15-16(22-14)13-24(20(15)27)17-10-11-18(25)23-19(17)26;1-2;/h9,12-14,18-21,25,35H,2-8,10-11,15-17,22H2,1H3,(H,47,49)(H,48,55)(H,51,56)(H,52,54,57);2,5-9,11H,3-4H2,1H3,(H,27,28)(H,29,30)(H,31,32);8-9,17H,1-7,10-13,21H2,(H,23,25,26);1H3;1H4/i;;;1D;. The predicted octanol–water partition coefficient (Wildman–Crippen LogP) is 14.1. The van der Waals surface area contributed by atoms with Crippen molar-refractivity contribution < 1.29 is 93.9 Å². The average Bonchev–Trinajstić information content (AvgIpc) is 1.51. The number of hydrogen-bond acceptors (Lipinski definition) is 17. The lowest BCUT2D eigenvalue weighted by molar-refractivity contribution is -0.138. The maximum Gasteiger partial charge on any atom is 0.417 e. The first-order valence-corrected chi connectivity index (χ1v) is 39.4. The molecule has 2 aliphatic carbocycles. The van der Waals surface area contributed by atoms with Gasteiger partial charge in [-0.15, -0.1) is 0 Å². The number of alkyl halides is 7. The van der Waals surface area contributed by atoms with Gasteiger partial charge in [0.05, 0.1) is 99.9 Å². The number of carbonyl (C=O) groups is 10. The third-order valence-corrected chi connectivity index (χ3v) is 21.4. The van der Waals surface area contributed by atoms with Crippen molar-refractivity contribution in [3.05, 3.63) is 176 Å². The van der Waals surface area contributed by atoms with Gasteiger partial charge in [0.15, 0.2) is 0 Å². The molecule has 120 heavy (non-hydrogen) atoms. The molecule has 2 atom stereocenters. The quantitative estimate of drug-likeness (QED) is 0.0119. The minimum absolute atomic E-state index is 0. The molecule has 2 saturated carbocycles. The number of aromatic nitrogens is 4. The summed E-state index contributed by atoms with van der Waals surface area (Å²) in [7, 11) is 2.08. The number of anilines is 2. The van der Waals surface area contributed by atoms with Gasteiger partial charge in [-0.3, -0.25) is 78.1 Å². The number of carboxylic acids is 1. The first kappa shape index (κ1) is 88.8. The molecule has 4 fully saturated rings. The summed E-state index contributed by atoms with van der Waals surface area (Å²) in [4.78, 5) is 143. The molecule has 0 radical (unpaired) electrons. The van der Waals surface area contributed by atoms with Crippen LogP contribution < -0.4 is 43.0 Å². The van der Waals surface area contributed by atoms with Gasteiger partial charge in [-0.1, -0.05) is 70.9 Å². The number of pyridine rings is 4. The third kappa shape index (κ3) is 21.9. The normalized spacial score (nSPS) is 16.2. The lowest BCUT2D eigenvalue weighted by Gasteiger charge is -2.29. The molecule has 10 N–H and O–H groups in total. The number of nitrogens with one attached hydrogen (secondary N) is 7. The number of imide groups is 2. The summed E-state index contributed by atoms with van der Waals surface area (Å²) in [6.07, 6.45) is 11.2. The van der Waals surface area contributed by atoms with E-state index in [0.717, 1.165) is 143 Å². The van der Waals surface area contributed by atoms with Gasteiger partial charge in [0.1, 0.15) is 23.7 Å². The summed E-state index contributed by atoms with van der Waals surface area (Å²) in [5.74, 6) is -7.00. The van der Waals surface area contributed by atoms with Crippen molar-refractivity contribution in [2.45, 2.75) is 198 Å².